The first-order valence-corrected chi connectivity index (χ1v) is 11.8. The van der Waals surface area contributed by atoms with Gasteiger partial charge in [-0.3, -0.25) is 4.98 Å². The van der Waals surface area contributed by atoms with Crippen molar-refractivity contribution in [3.63, 3.8) is 0 Å². The van der Waals surface area contributed by atoms with Crippen molar-refractivity contribution in [3.05, 3.63) is 60.4 Å². The Hall–Kier alpha value is -3.63. The van der Waals surface area contributed by atoms with E-state index in [1.807, 2.05) is 13.1 Å². The largest absolute Gasteiger partial charge is 0.507 e. The number of nitrogens with zero attached hydrogens (tertiary/aromatic N) is 4. The predicted molar refractivity (Wildman–Crippen MR) is 123 cm³/mol. The lowest BCUT2D eigenvalue weighted by Crippen LogP contribution is -2.13. The molecule has 0 atom stereocenters. The number of benzene rings is 2. The Bertz CT molecular complexity index is 1380. The molecule has 0 saturated heterocycles. The number of phenols is 1. The number of aromatic nitrogens is 4. The van der Waals surface area contributed by atoms with Crippen LogP contribution in [-0.2, 0) is 16.4 Å². The topological polar surface area (TPSA) is 131 Å². The van der Waals surface area contributed by atoms with E-state index in [0.717, 1.165) is 5.56 Å². The maximum atomic E-state index is 12.3. The third kappa shape index (κ3) is 4.62. The van der Waals surface area contributed by atoms with Crippen molar-refractivity contribution in [2.45, 2.75) is 30.5 Å². The number of sulfone groups is 1. The molecule has 9 nitrogen and oxygen atoms in total. The Morgan fingerprint density at radius 3 is 2.36 bits per heavy atom. The maximum Gasteiger partial charge on any atom is 0.268 e. The summed E-state index contributed by atoms with van der Waals surface area (Å²) in [5, 5.41) is 20.9. The standard InChI is InChI=1S/C23H23N5O4S/c1-14(2)33(30,31)17-7-5-16(6-8-17)19-12-25-13-20(26-19)23-28-27-22(32-23)18-9-4-15(11-24-3)10-21(18)29/h4-10,12-14,24,29H,11H2,1-3H3. The fraction of sp³-hybridized carbons (Fsp3) is 0.217. The number of phenolic OH excluding ortho intramolecular Hbond substituents is 1. The van der Waals surface area contributed by atoms with Crippen molar-refractivity contribution >= 4 is 9.84 Å². The fourth-order valence-electron chi connectivity index (χ4n) is 3.20. The Balaban J connectivity index is 1.61. The molecule has 0 saturated carbocycles. The van der Waals surface area contributed by atoms with Crippen molar-refractivity contribution in [2.24, 2.45) is 0 Å². The number of nitrogens with one attached hydrogen (secondary N) is 1. The summed E-state index contributed by atoms with van der Waals surface area (Å²) in [7, 11) is -1.53. The van der Waals surface area contributed by atoms with Crippen LogP contribution in [-0.4, -0.2) is 46.0 Å². The normalized spacial score (nSPS) is 11.8. The highest BCUT2D eigenvalue weighted by atomic mass is 32.2. The minimum absolute atomic E-state index is 0.0363. The minimum Gasteiger partial charge on any atom is -0.507 e. The predicted octanol–water partition coefficient (Wildman–Crippen LogP) is 3.47. The molecule has 2 heterocycles. The van der Waals surface area contributed by atoms with Gasteiger partial charge in [0, 0.05) is 12.1 Å². The SMILES string of the molecule is CNCc1ccc(-c2nnc(-c3cncc(-c4ccc(S(=O)(=O)C(C)C)cc4)n3)o2)c(O)c1. The number of hydrogen-bond donors (Lipinski definition) is 2. The highest BCUT2D eigenvalue weighted by Crippen LogP contribution is 2.31. The van der Waals surface area contributed by atoms with E-state index in [0.29, 0.717) is 29.1 Å². The smallest absolute Gasteiger partial charge is 0.268 e. The van der Waals surface area contributed by atoms with Crippen molar-refractivity contribution in [1.29, 1.82) is 0 Å². The van der Waals surface area contributed by atoms with Gasteiger partial charge < -0.3 is 14.8 Å². The van der Waals surface area contributed by atoms with Gasteiger partial charge in [-0.15, -0.1) is 10.2 Å². The molecule has 0 spiro atoms. The van der Waals surface area contributed by atoms with Crippen LogP contribution in [0.5, 0.6) is 5.75 Å². The van der Waals surface area contributed by atoms with Gasteiger partial charge >= 0.3 is 0 Å². The molecular weight excluding hydrogens is 442 g/mol. The van der Waals surface area contributed by atoms with Crippen molar-refractivity contribution in [2.75, 3.05) is 7.05 Å². The van der Waals surface area contributed by atoms with Gasteiger partial charge in [0.15, 0.2) is 9.84 Å². The first-order valence-electron chi connectivity index (χ1n) is 10.3. The number of rotatable bonds is 7. The van der Waals surface area contributed by atoms with E-state index >= 15 is 0 Å². The molecular formula is C23H23N5O4S. The molecule has 0 radical (unpaired) electrons. The molecule has 0 aliphatic carbocycles. The van der Waals surface area contributed by atoms with Gasteiger partial charge in [0.25, 0.3) is 11.8 Å². The molecule has 10 heteroatoms. The van der Waals surface area contributed by atoms with E-state index in [9.17, 15) is 13.5 Å². The third-order valence-corrected chi connectivity index (χ3v) is 7.22. The highest BCUT2D eigenvalue weighted by Gasteiger charge is 2.19. The van der Waals surface area contributed by atoms with Gasteiger partial charge in [-0.05, 0) is 50.7 Å². The summed E-state index contributed by atoms with van der Waals surface area (Å²) in [6.45, 7) is 3.91. The molecule has 0 amide bonds. The van der Waals surface area contributed by atoms with Crippen molar-refractivity contribution in [1.82, 2.24) is 25.5 Å². The summed E-state index contributed by atoms with van der Waals surface area (Å²) in [5.41, 5.74) is 2.92. The lowest BCUT2D eigenvalue weighted by Gasteiger charge is -2.08. The zero-order valence-corrected chi connectivity index (χ0v) is 19.2. The van der Waals surface area contributed by atoms with Gasteiger partial charge in [-0.1, -0.05) is 18.2 Å². The Kier molecular flexibility index (Phi) is 6.21. The van der Waals surface area contributed by atoms with Gasteiger partial charge in [-0.2, -0.15) is 0 Å². The molecule has 0 fully saturated rings. The van der Waals surface area contributed by atoms with Gasteiger partial charge in [0.05, 0.1) is 33.8 Å². The van der Waals surface area contributed by atoms with Gasteiger partial charge in [0.2, 0.25) is 0 Å². The molecule has 170 valence electrons. The van der Waals surface area contributed by atoms with E-state index in [4.69, 9.17) is 4.42 Å². The summed E-state index contributed by atoms with van der Waals surface area (Å²) in [5.74, 6) is 0.347. The van der Waals surface area contributed by atoms with E-state index < -0.39 is 15.1 Å². The molecule has 4 rings (SSSR count). The van der Waals surface area contributed by atoms with Crippen molar-refractivity contribution < 1.29 is 17.9 Å². The van der Waals surface area contributed by atoms with Gasteiger partial charge in [0.1, 0.15) is 11.4 Å². The maximum absolute atomic E-state index is 12.3. The first-order chi connectivity index (χ1) is 15.8. The number of aromatic hydroxyl groups is 1. The second-order valence-corrected chi connectivity index (χ2v) is 10.2. The zero-order chi connectivity index (χ0) is 23.6. The van der Waals surface area contributed by atoms with Crippen molar-refractivity contribution in [3.8, 4) is 40.0 Å². The van der Waals surface area contributed by atoms with Crippen LogP contribution in [0, 0.1) is 0 Å². The van der Waals surface area contributed by atoms with Crippen LogP contribution >= 0.6 is 0 Å². The first kappa shape index (κ1) is 22.6. The van der Waals surface area contributed by atoms with Crippen LogP contribution in [0.4, 0.5) is 0 Å². The van der Waals surface area contributed by atoms with Crippen LogP contribution < -0.4 is 5.32 Å². The Labute approximate surface area is 191 Å². The molecule has 0 unspecified atom stereocenters. The Morgan fingerprint density at radius 2 is 1.70 bits per heavy atom. The van der Waals surface area contributed by atoms with E-state index in [1.54, 1.807) is 56.4 Å². The molecule has 2 aromatic heterocycles. The van der Waals surface area contributed by atoms with E-state index in [2.05, 4.69) is 25.5 Å². The molecule has 0 bridgehead atoms. The molecule has 33 heavy (non-hydrogen) atoms. The summed E-state index contributed by atoms with van der Waals surface area (Å²) in [4.78, 5) is 8.99. The lowest BCUT2D eigenvalue weighted by molar-refractivity contribution is 0.472. The summed E-state index contributed by atoms with van der Waals surface area (Å²) in [6.07, 6.45) is 3.06. The number of hydrogen-bond acceptors (Lipinski definition) is 9. The summed E-state index contributed by atoms with van der Waals surface area (Å²) < 4.78 is 30.4. The van der Waals surface area contributed by atoms with Crippen LogP contribution in [0.1, 0.15) is 19.4 Å². The molecule has 2 aromatic carbocycles. The Morgan fingerprint density at radius 1 is 1.00 bits per heavy atom. The average Bonchev–Trinajstić information content (AvgIpc) is 3.29. The quantitative estimate of drug-likeness (QED) is 0.421. The fourth-order valence-corrected chi connectivity index (χ4v) is 4.26. The summed E-state index contributed by atoms with van der Waals surface area (Å²) >= 11 is 0. The average molecular weight is 466 g/mol. The second-order valence-electron chi connectivity index (χ2n) is 7.70. The zero-order valence-electron chi connectivity index (χ0n) is 18.3. The highest BCUT2D eigenvalue weighted by molar-refractivity contribution is 7.92. The third-order valence-electron chi connectivity index (χ3n) is 5.05. The minimum atomic E-state index is -3.35. The van der Waals surface area contributed by atoms with Crippen LogP contribution in [0.3, 0.4) is 0 Å². The monoisotopic (exact) mass is 465 g/mol. The molecule has 0 aliphatic rings. The lowest BCUT2D eigenvalue weighted by atomic mass is 10.1. The second kappa shape index (κ2) is 9.08. The van der Waals surface area contributed by atoms with E-state index in [-0.39, 0.29) is 22.4 Å². The van der Waals surface area contributed by atoms with E-state index in [1.165, 1.54) is 6.20 Å². The molecule has 0 aliphatic heterocycles. The van der Waals surface area contributed by atoms with Crippen LogP contribution in [0.15, 0.2) is 64.2 Å². The van der Waals surface area contributed by atoms with Crippen LogP contribution in [0.2, 0.25) is 0 Å². The van der Waals surface area contributed by atoms with Crippen LogP contribution in [0.25, 0.3) is 34.3 Å². The molecule has 2 N–H and O–H groups in total. The van der Waals surface area contributed by atoms with Gasteiger partial charge in [-0.25, -0.2) is 13.4 Å². The summed E-state index contributed by atoms with van der Waals surface area (Å²) in [6, 6.07) is 11.7. The molecule has 4 aromatic rings.